The maximum Gasteiger partial charge on any atom is 0.387 e. The topological polar surface area (TPSA) is 77.7 Å². The van der Waals surface area contributed by atoms with E-state index in [1.54, 1.807) is 13.1 Å². The minimum atomic E-state index is -2.97. The molecule has 0 N–H and O–H groups in total. The average Bonchev–Trinajstić information content (AvgIpc) is 3.37. The van der Waals surface area contributed by atoms with Gasteiger partial charge < -0.3 is 18.9 Å². The van der Waals surface area contributed by atoms with Crippen LogP contribution >= 0.6 is 11.3 Å². The zero-order valence-corrected chi connectivity index (χ0v) is 16.6. The second kappa shape index (κ2) is 9.46. The molecule has 1 amide bonds. The zero-order valence-electron chi connectivity index (χ0n) is 15.8. The van der Waals surface area contributed by atoms with Crippen LogP contribution in [0, 0.1) is 0 Å². The number of thiophene rings is 1. The largest absolute Gasteiger partial charge is 0.493 e. The first-order valence-electron chi connectivity index (χ1n) is 8.68. The van der Waals surface area contributed by atoms with Crippen molar-refractivity contribution in [1.29, 1.82) is 0 Å². The van der Waals surface area contributed by atoms with Crippen molar-refractivity contribution in [1.82, 2.24) is 15.0 Å². The van der Waals surface area contributed by atoms with E-state index in [0.29, 0.717) is 23.7 Å². The van der Waals surface area contributed by atoms with Gasteiger partial charge >= 0.3 is 6.61 Å². The van der Waals surface area contributed by atoms with Crippen LogP contribution < -0.4 is 9.47 Å². The lowest BCUT2D eigenvalue weighted by atomic mass is 10.2. The predicted octanol–water partition coefficient (Wildman–Crippen LogP) is 4.00. The van der Waals surface area contributed by atoms with Crippen molar-refractivity contribution in [2.75, 3.05) is 14.2 Å². The summed E-state index contributed by atoms with van der Waals surface area (Å²) in [5, 5.41) is 5.83. The van der Waals surface area contributed by atoms with Crippen LogP contribution in [0.3, 0.4) is 0 Å². The van der Waals surface area contributed by atoms with Crippen molar-refractivity contribution in [2.24, 2.45) is 0 Å². The van der Waals surface area contributed by atoms with Gasteiger partial charge in [0.05, 0.1) is 12.0 Å². The normalized spacial score (nSPS) is 10.9. The van der Waals surface area contributed by atoms with Crippen molar-refractivity contribution >= 4 is 17.2 Å². The van der Waals surface area contributed by atoms with E-state index in [1.807, 2.05) is 17.5 Å². The van der Waals surface area contributed by atoms with Crippen LogP contribution in [0.1, 0.15) is 17.9 Å². The molecule has 29 heavy (non-hydrogen) atoms. The molecule has 0 aliphatic heterocycles. The van der Waals surface area contributed by atoms with Crippen molar-refractivity contribution in [2.45, 2.75) is 26.0 Å². The highest BCUT2D eigenvalue weighted by Gasteiger charge is 2.16. The molecular weight excluding hydrogens is 404 g/mol. The molecule has 0 bridgehead atoms. The van der Waals surface area contributed by atoms with E-state index in [-0.39, 0.29) is 30.4 Å². The fourth-order valence-corrected chi connectivity index (χ4v) is 3.29. The van der Waals surface area contributed by atoms with Crippen LogP contribution in [0.15, 0.2) is 40.2 Å². The number of rotatable bonds is 9. The number of carbonyl (C=O) groups excluding carboxylic acids is 1. The number of hydrogen-bond acceptors (Lipinski definition) is 7. The fraction of sp³-hybridized carbons (Fsp3) is 0.316. The summed E-state index contributed by atoms with van der Waals surface area (Å²) < 4.78 is 39.8. The monoisotopic (exact) mass is 423 g/mol. The molecule has 7 nitrogen and oxygen atoms in total. The van der Waals surface area contributed by atoms with Crippen molar-refractivity contribution < 1.29 is 27.6 Å². The molecule has 0 unspecified atom stereocenters. The first kappa shape index (κ1) is 20.7. The van der Waals surface area contributed by atoms with Crippen LogP contribution in [0.4, 0.5) is 8.78 Å². The lowest BCUT2D eigenvalue weighted by Gasteiger charge is -2.18. The number of carbonyl (C=O) groups is 1. The Morgan fingerprint density at radius 1 is 1.31 bits per heavy atom. The molecule has 0 atom stereocenters. The second-order valence-corrected chi connectivity index (χ2v) is 7.05. The molecule has 0 saturated carbocycles. The van der Waals surface area contributed by atoms with Gasteiger partial charge in [0.1, 0.15) is 0 Å². The highest BCUT2D eigenvalue weighted by molar-refractivity contribution is 7.13. The lowest BCUT2D eigenvalue weighted by Crippen LogP contribution is -2.26. The molecule has 3 aromatic rings. The Hall–Kier alpha value is -3.01. The number of alkyl halides is 2. The van der Waals surface area contributed by atoms with Gasteiger partial charge in [-0.3, -0.25) is 4.79 Å². The van der Waals surface area contributed by atoms with E-state index in [1.165, 1.54) is 35.5 Å². The minimum absolute atomic E-state index is 0.0761. The van der Waals surface area contributed by atoms with Gasteiger partial charge in [-0.2, -0.15) is 13.8 Å². The smallest absolute Gasteiger partial charge is 0.387 e. The van der Waals surface area contributed by atoms with Crippen molar-refractivity contribution in [3.8, 4) is 22.2 Å². The van der Waals surface area contributed by atoms with Gasteiger partial charge in [-0.25, -0.2) is 0 Å². The fourth-order valence-electron chi connectivity index (χ4n) is 2.64. The summed E-state index contributed by atoms with van der Waals surface area (Å²) >= 11 is 1.50. The highest BCUT2D eigenvalue weighted by atomic mass is 32.1. The third kappa shape index (κ3) is 5.50. The maximum atomic E-state index is 12.6. The van der Waals surface area contributed by atoms with Crippen LogP contribution in [0.5, 0.6) is 11.5 Å². The number of amides is 1. The lowest BCUT2D eigenvalue weighted by molar-refractivity contribution is -0.130. The molecule has 0 saturated heterocycles. The summed E-state index contributed by atoms with van der Waals surface area (Å²) in [4.78, 5) is 19.1. The van der Waals surface area contributed by atoms with Gasteiger partial charge in [-0.1, -0.05) is 17.3 Å². The molecule has 0 aliphatic carbocycles. The van der Waals surface area contributed by atoms with Crippen molar-refractivity contribution in [3.05, 3.63) is 47.2 Å². The van der Waals surface area contributed by atoms with Crippen LogP contribution in [-0.4, -0.2) is 41.7 Å². The summed E-state index contributed by atoms with van der Waals surface area (Å²) in [5.74, 6) is 0.856. The molecule has 0 aliphatic rings. The Balaban J connectivity index is 1.56. The molecule has 2 heterocycles. The number of hydrogen-bond donors (Lipinski definition) is 0. The Labute approximate surface area is 169 Å². The summed E-state index contributed by atoms with van der Waals surface area (Å²) in [6, 6.07) is 8.42. The molecule has 154 valence electrons. The molecule has 0 spiro atoms. The number of aryl methyl sites for hydroxylation is 1. The number of aromatic nitrogens is 2. The molecule has 3 rings (SSSR count). The Kier molecular flexibility index (Phi) is 6.76. The first-order valence-corrected chi connectivity index (χ1v) is 9.56. The standard InChI is InChI=1S/C19H19F2N3O4S/c1-24(11-12-5-6-13(26-2)14(10-12)27-19(20)21)17(25)8-7-16-22-18(23-28-16)15-4-3-9-29-15/h3-6,9-10,19H,7-8,11H2,1-2H3. The Bertz CT molecular complexity index is 947. The van der Waals surface area contributed by atoms with Crippen LogP contribution in [-0.2, 0) is 17.8 Å². The first-order chi connectivity index (χ1) is 14.0. The van der Waals surface area contributed by atoms with E-state index in [0.717, 1.165) is 4.88 Å². The van der Waals surface area contributed by atoms with Crippen LogP contribution in [0.25, 0.3) is 10.7 Å². The molecule has 2 aromatic heterocycles. The summed E-state index contributed by atoms with van der Waals surface area (Å²) in [6.07, 6.45) is 0.489. The average molecular weight is 423 g/mol. The molecular formula is C19H19F2N3O4S. The van der Waals surface area contributed by atoms with Gasteiger partial charge in [-0.15, -0.1) is 11.3 Å². The van der Waals surface area contributed by atoms with E-state index >= 15 is 0 Å². The second-order valence-electron chi connectivity index (χ2n) is 6.10. The van der Waals surface area contributed by atoms with E-state index in [9.17, 15) is 13.6 Å². The summed E-state index contributed by atoms with van der Waals surface area (Å²) in [7, 11) is 3.00. The highest BCUT2D eigenvalue weighted by Crippen LogP contribution is 2.30. The van der Waals surface area contributed by atoms with Gasteiger partial charge in [0, 0.05) is 26.4 Å². The molecule has 0 fully saturated rings. The SMILES string of the molecule is COc1ccc(CN(C)C(=O)CCc2nc(-c3cccs3)no2)cc1OC(F)F. The van der Waals surface area contributed by atoms with E-state index < -0.39 is 6.61 Å². The van der Waals surface area contributed by atoms with Gasteiger partial charge in [-0.05, 0) is 29.1 Å². The Morgan fingerprint density at radius 3 is 2.83 bits per heavy atom. The third-order valence-electron chi connectivity index (χ3n) is 4.05. The quantitative estimate of drug-likeness (QED) is 0.518. The number of benzene rings is 1. The molecule has 1 aromatic carbocycles. The van der Waals surface area contributed by atoms with E-state index in [4.69, 9.17) is 9.26 Å². The molecule has 0 radical (unpaired) electrons. The predicted molar refractivity (Wildman–Crippen MR) is 102 cm³/mol. The van der Waals surface area contributed by atoms with Gasteiger partial charge in [0.25, 0.3) is 0 Å². The van der Waals surface area contributed by atoms with Crippen LogP contribution in [0.2, 0.25) is 0 Å². The van der Waals surface area contributed by atoms with Gasteiger partial charge in [0.2, 0.25) is 17.6 Å². The zero-order chi connectivity index (χ0) is 20.8. The Morgan fingerprint density at radius 2 is 2.14 bits per heavy atom. The van der Waals surface area contributed by atoms with Gasteiger partial charge in [0.15, 0.2) is 11.5 Å². The minimum Gasteiger partial charge on any atom is -0.493 e. The van der Waals surface area contributed by atoms with E-state index in [2.05, 4.69) is 14.9 Å². The summed E-state index contributed by atoms with van der Waals surface area (Å²) in [6.45, 7) is -2.74. The third-order valence-corrected chi connectivity index (χ3v) is 4.92. The molecule has 10 heteroatoms. The maximum absolute atomic E-state index is 12.6. The number of halogens is 2. The number of nitrogens with zero attached hydrogens (tertiary/aromatic N) is 3. The number of methoxy groups -OCH3 is 1. The van der Waals surface area contributed by atoms with Crippen molar-refractivity contribution in [3.63, 3.8) is 0 Å². The number of ether oxygens (including phenoxy) is 2. The summed E-state index contributed by atoms with van der Waals surface area (Å²) in [5.41, 5.74) is 0.634.